The first kappa shape index (κ1) is 22.1. The number of nitrogens with one attached hydrogen (secondary N) is 2. The Kier molecular flexibility index (Phi) is 7.78. The lowest BCUT2D eigenvalue weighted by atomic mass is 10.1. The average Bonchev–Trinajstić information content (AvgIpc) is 3.16. The Labute approximate surface area is 164 Å². The average molecular weight is 417 g/mol. The Morgan fingerprint density at radius 2 is 2.00 bits per heavy atom. The van der Waals surface area contributed by atoms with Crippen molar-refractivity contribution in [2.45, 2.75) is 31.7 Å². The van der Waals surface area contributed by atoms with Crippen LogP contribution >= 0.6 is 11.3 Å². The molecule has 2 unspecified atom stereocenters. The van der Waals surface area contributed by atoms with Crippen LogP contribution in [0.5, 0.6) is 5.75 Å². The van der Waals surface area contributed by atoms with Crippen LogP contribution in [0.25, 0.3) is 0 Å². The zero-order chi connectivity index (χ0) is 20.7. The Bertz CT molecular complexity index is 765. The second kappa shape index (κ2) is 9.85. The molecule has 2 atom stereocenters. The molecule has 1 heterocycles. The molecule has 6 nitrogen and oxygen atoms in total. The van der Waals surface area contributed by atoms with Gasteiger partial charge in [0.2, 0.25) is 0 Å². The third-order valence-electron chi connectivity index (χ3n) is 3.87. The number of benzene rings is 1. The molecule has 1 amide bonds. The highest BCUT2D eigenvalue weighted by molar-refractivity contribution is 7.11. The molecule has 3 N–H and O–H groups in total. The number of nitrogens with zero attached hydrogens (tertiary/aromatic N) is 1. The summed E-state index contributed by atoms with van der Waals surface area (Å²) in [6.45, 7) is 1.98. The SMILES string of the molecule is CNC(=O)COc1ccc(CC(C)NCC(O)c2cnc(C(F)(F)F)s2)cc1. The maximum atomic E-state index is 12.6. The summed E-state index contributed by atoms with van der Waals surface area (Å²) >= 11 is 0.445. The van der Waals surface area contributed by atoms with Gasteiger partial charge in [0.15, 0.2) is 11.6 Å². The first-order chi connectivity index (χ1) is 13.2. The standard InChI is InChI=1S/C18H22F3N3O3S/c1-11(7-12-3-5-13(6-4-12)27-10-16(26)22-2)23-8-14(25)15-9-24-17(28-15)18(19,20)21/h3-6,9,11,14,23,25H,7-8,10H2,1-2H3,(H,22,26). The zero-order valence-electron chi connectivity index (χ0n) is 15.4. The fourth-order valence-electron chi connectivity index (χ4n) is 2.35. The molecule has 0 spiro atoms. The summed E-state index contributed by atoms with van der Waals surface area (Å²) in [5.41, 5.74) is 1.01. The summed E-state index contributed by atoms with van der Waals surface area (Å²) in [5, 5.41) is 14.7. The molecular weight excluding hydrogens is 395 g/mol. The second-order valence-corrected chi connectivity index (χ2v) is 7.26. The van der Waals surface area contributed by atoms with Gasteiger partial charge in [-0.05, 0) is 31.0 Å². The smallest absolute Gasteiger partial charge is 0.443 e. The summed E-state index contributed by atoms with van der Waals surface area (Å²) in [5.74, 6) is 0.359. The van der Waals surface area contributed by atoms with E-state index >= 15 is 0 Å². The number of hydrogen-bond acceptors (Lipinski definition) is 6. The molecule has 28 heavy (non-hydrogen) atoms. The Morgan fingerprint density at radius 3 is 2.57 bits per heavy atom. The lowest BCUT2D eigenvalue weighted by Crippen LogP contribution is -2.31. The van der Waals surface area contributed by atoms with Crippen LogP contribution in [0.1, 0.15) is 28.5 Å². The first-order valence-corrected chi connectivity index (χ1v) is 9.37. The van der Waals surface area contributed by atoms with Crippen molar-refractivity contribution in [3.8, 4) is 5.75 Å². The van der Waals surface area contributed by atoms with Gasteiger partial charge in [-0.25, -0.2) is 4.98 Å². The number of aromatic nitrogens is 1. The van der Waals surface area contributed by atoms with Crippen molar-refractivity contribution in [3.63, 3.8) is 0 Å². The molecule has 10 heteroatoms. The second-order valence-electron chi connectivity index (χ2n) is 6.20. The molecule has 2 rings (SSSR count). The number of hydrogen-bond donors (Lipinski definition) is 3. The van der Waals surface area contributed by atoms with Gasteiger partial charge >= 0.3 is 6.18 Å². The number of rotatable bonds is 9. The van der Waals surface area contributed by atoms with Crippen molar-refractivity contribution < 1.29 is 27.8 Å². The molecule has 154 valence electrons. The number of carbonyl (C=O) groups excluding carboxylic acids is 1. The van der Waals surface area contributed by atoms with E-state index in [1.165, 1.54) is 7.05 Å². The number of alkyl halides is 3. The van der Waals surface area contributed by atoms with Crippen molar-refractivity contribution in [1.82, 2.24) is 15.6 Å². The van der Waals surface area contributed by atoms with Crippen LogP contribution in [-0.4, -0.2) is 42.2 Å². The highest BCUT2D eigenvalue weighted by Gasteiger charge is 2.35. The largest absolute Gasteiger partial charge is 0.484 e. The number of amides is 1. The molecular formula is C18H22F3N3O3S. The minimum atomic E-state index is -4.50. The van der Waals surface area contributed by atoms with Crippen molar-refractivity contribution >= 4 is 17.2 Å². The summed E-state index contributed by atoms with van der Waals surface area (Å²) in [4.78, 5) is 14.6. The molecule has 0 radical (unpaired) electrons. The fraction of sp³-hybridized carbons (Fsp3) is 0.444. The number of carbonyl (C=O) groups is 1. The predicted octanol–water partition coefficient (Wildman–Crippen LogP) is 2.54. The fourth-order valence-corrected chi connectivity index (χ4v) is 3.12. The minimum Gasteiger partial charge on any atom is -0.484 e. The normalized spacial score (nSPS) is 13.8. The van der Waals surface area contributed by atoms with Crippen molar-refractivity contribution in [2.75, 3.05) is 20.2 Å². The van der Waals surface area contributed by atoms with Gasteiger partial charge in [0, 0.05) is 25.8 Å². The quantitative estimate of drug-likeness (QED) is 0.584. The van der Waals surface area contributed by atoms with Gasteiger partial charge in [-0.2, -0.15) is 13.2 Å². The van der Waals surface area contributed by atoms with Gasteiger partial charge in [-0.1, -0.05) is 12.1 Å². The van der Waals surface area contributed by atoms with E-state index in [0.717, 1.165) is 11.8 Å². The molecule has 0 aliphatic carbocycles. The van der Waals surface area contributed by atoms with E-state index in [-0.39, 0.29) is 30.0 Å². The highest BCUT2D eigenvalue weighted by atomic mass is 32.1. The van der Waals surface area contributed by atoms with Crippen LogP contribution in [0.4, 0.5) is 13.2 Å². The van der Waals surface area contributed by atoms with Gasteiger partial charge < -0.3 is 20.5 Å². The molecule has 0 saturated carbocycles. The zero-order valence-corrected chi connectivity index (χ0v) is 16.2. The van der Waals surface area contributed by atoms with Crippen LogP contribution < -0.4 is 15.4 Å². The number of ether oxygens (including phenoxy) is 1. The van der Waals surface area contributed by atoms with Crippen LogP contribution in [0.2, 0.25) is 0 Å². The van der Waals surface area contributed by atoms with Gasteiger partial charge in [0.05, 0.1) is 4.88 Å². The molecule has 2 aromatic rings. The number of likely N-dealkylation sites (N-methyl/N-ethyl adjacent to an activating group) is 1. The molecule has 0 aliphatic heterocycles. The van der Waals surface area contributed by atoms with Crippen LogP contribution in [0, 0.1) is 0 Å². The van der Waals surface area contributed by atoms with E-state index in [4.69, 9.17) is 4.74 Å². The summed E-state index contributed by atoms with van der Waals surface area (Å²) in [6.07, 6.45) is -3.85. The van der Waals surface area contributed by atoms with E-state index in [1.807, 2.05) is 19.1 Å². The monoisotopic (exact) mass is 417 g/mol. The van der Waals surface area contributed by atoms with Gasteiger partial charge in [0.1, 0.15) is 11.9 Å². The van der Waals surface area contributed by atoms with Crippen LogP contribution in [0.3, 0.4) is 0 Å². The van der Waals surface area contributed by atoms with E-state index in [1.54, 1.807) is 12.1 Å². The van der Waals surface area contributed by atoms with Crippen molar-refractivity contribution in [3.05, 3.63) is 45.9 Å². The van der Waals surface area contributed by atoms with E-state index in [2.05, 4.69) is 15.6 Å². The van der Waals surface area contributed by atoms with Crippen LogP contribution in [-0.2, 0) is 17.4 Å². The third-order valence-corrected chi connectivity index (χ3v) is 5.01. The number of aliphatic hydroxyl groups excluding tert-OH is 1. The third kappa shape index (κ3) is 6.77. The van der Waals surface area contributed by atoms with Gasteiger partial charge in [-0.15, -0.1) is 11.3 Å². The molecule has 0 saturated heterocycles. The van der Waals surface area contributed by atoms with Crippen LogP contribution in [0.15, 0.2) is 30.5 Å². The molecule has 0 aliphatic rings. The minimum absolute atomic E-state index is 0.0118. The number of aliphatic hydroxyl groups is 1. The lowest BCUT2D eigenvalue weighted by Gasteiger charge is -2.16. The Hall–Kier alpha value is -2.17. The molecule has 1 aromatic heterocycles. The first-order valence-electron chi connectivity index (χ1n) is 8.55. The summed E-state index contributed by atoms with van der Waals surface area (Å²) < 4.78 is 43.1. The molecule has 1 aromatic carbocycles. The van der Waals surface area contributed by atoms with E-state index in [9.17, 15) is 23.1 Å². The summed E-state index contributed by atoms with van der Waals surface area (Å²) in [7, 11) is 1.53. The van der Waals surface area contributed by atoms with E-state index in [0.29, 0.717) is 23.5 Å². The topological polar surface area (TPSA) is 83.5 Å². The number of halogens is 3. The highest BCUT2D eigenvalue weighted by Crippen LogP contribution is 2.34. The molecule has 0 fully saturated rings. The van der Waals surface area contributed by atoms with Gasteiger partial charge in [-0.3, -0.25) is 4.79 Å². The predicted molar refractivity (Wildman–Crippen MR) is 99.2 cm³/mol. The molecule has 0 bridgehead atoms. The maximum absolute atomic E-state index is 12.6. The Balaban J connectivity index is 1.79. The summed E-state index contributed by atoms with van der Waals surface area (Å²) in [6, 6.07) is 7.24. The van der Waals surface area contributed by atoms with Crippen molar-refractivity contribution in [1.29, 1.82) is 0 Å². The maximum Gasteiger partial charge on any atom is 0.443 e. The van der Waals surface area contributed by atoms with E-state index < -0.39 is 17.3 Å². The van der Waals surface area contributed by atoms with Crippen molar-refractivity contribution in [2.24, 2.45) is 0 Å². The number of thiazole rings is 1. The lowest BCUT2D eigenvalue weighted by molar-refractivity contribution is -0.137. The van der Waals surface area contributed by atoms with Gasteiger partial charge in [0.25, 0.3) is 5.91 Å². The Morgan fingerprint density at radius 1 is 1.32 bits per heavy atom.